The minimum absolute atomic E-state index is 0.125. The molecule has 2 heterocycles. The van der Waals surface area contributed by atoms with Crippen LogP contribution in [-0.4, -0.2) is 33.8 Å². The maximum absolute atomic E-state index is 12.2. The van der Waals surface area contributed by atoms with E-state index >= 15 is 0 Å². The lowest BCUT2D eigenvalue weighted by molar-refractivity contribution is -0.121. The molecule has 0 fully saturated rings. The van der Waals surface area contributed by atoms with Crippen molar-refractivity contribution in [2.24, 2.45) is 0 Å². The number of nitrogens with zero attached hydrogens (tertiary/aromatic N) is 3. The molecule has 7 heteroatoms. The summed E-state index contributed by atoms with van der Waals surface area (Å²) in [6.07, 6.45) is 4.13. The Bertz CT molecular complexity index is 969. The van der Waals surface area contributed by atoms with Crippen LogP contribution in [0.1, 0.15) is 12.5 Å². The number of benzene rings is 1. The van der Waals surface area contributed by atoms with Gasteiger partial charge in [0.25, 0.3) is 5.56 Å². The topological polar surface area (TPSA) is 86.1 Å². The average Bonchev–Trinajstić information content (AvgIpc) is 2.71. The second kappa shape index (κ2) is 9.45. The molecule has 7 nitrogen and oxygen atoms in total. The third kappa shape index (κ3) is 5.26. The van der Waals surface area contributed by atoms with E-state index in [0.29, 0.717) is 25.3 Å². The smallest absolute Gasteiger partial charge is 0.267 e. The molecule has 0 atom stereocenters. The second-order valence-corrected chi connectivity index (χ2v) is 6.13. The van der Waals surface area contributed by atoms with Gasteiger partial charge in [-0.15, -0.1) is 0 Å². The van der Waals surface area contributed by atoms with E-state index < -0.39 is 0 Å². The molecule has 0 aliphatic heterocycles. The summed E-state index contributed by atoms with van der Waals surface area (Å²) in [4.78, 5) is 28.2. The highest BCUT2D eigenvalue weighted by Crippen LogP contribution is 2.19. The molecule has 3 rings (SSSR count). The van der Waals surface area contributed by atoms with Crippen LogP contribution in [0.15, 0.2) is 65.7 Å². The van der Waals surface area contributed by atoms with E-state index in [4.69, 9.17) is 4.74 Å². The van der Waals surface area contributed by atoms with Crippen LogP contribution in [0.25, 0.3) is 11.3 Å². The van der Waals surface area contributed by atoms with Crippen molar-refractivity contribution in [1.82, 2.24) is 20.1 Å². The molecular formula is C21H22N4O3. The van der Waals surface area contributed by atoms with Gasteiger partial charge in [-0.3, -0.25) is 14.6 Å². The molecule has 0 spiro atoms. The molecule has 0 aliphatic carbocycles. The van der Waals surface area contributed by atoms with E-state index in [-0.39, 0.29) is 18.0 Å². The van der Waals surface area contributed by atoms with Crippen molar-refractivity contribution < 1.29 is 9.53 Å². The van der Waals surface area contributed by atoms with Crippen LogP contribution in [0, 0.1) is 0 Å². The zero-order valence-corrected chi connectivity index (χ0v) is 15.7. The van der Waals surface area contributed by atoms with Gasteiger partial charge < -0.3 is 10.1 Å². The fourth-order valence-corrected chi connectivity index (χ4v) is 2.69. The van der Waals surface area contributed by atoms with E-state index in [1.54, 1.807) is 18.5 Å². The van der Waals surface area contributed by atoms with Gasteiger partial charge in [0.1, 0.15) is 12.3 Å². The number of nitrogens with one attached hydrogen (secondary N) is 1. The molecule has 0 saturated heterocycles. The Labute approximate surface area is 163 Å². The molecule has 0 unspecified atom stereocenters. The summed E-state index contributed by atoms with van der Waals surface area (Å²) >= 11 is 0. The Morgan fingerprint density at radius 3 is 2.54 bits per heavy atom. The number of pyridine rings is 1. The standard InChI is InChI=1S/C21H22N4O3/c1-2-28-18-5-3-17(4-6-18)19-7-8-21(27)25(24-19)15-20(26)23-14-11-16-9-12-22-13-10-16/h3-10,12-13H,2,11,14-15H2,1H3,(H,23,26). The summed E-state index contributed by atoms with van der Waals surface area (Å²) in [5, 5.41) is 7.13. The van der Waals surface area contributed by atoms with Gasteiger partial charge in [0.05, 0.1) is 12.3 Å². The number of ether oxygens (including phenoxy) is 1. The number of carbonyl (C=O) groups is 1. The Kier molecular flexibility index (Phi) is 6.51. The van der Waals surface area contributed by atoms with E-state index in [1.165, 1.54) is 10.7 Å². The lowest BCUT2D eigenvalue weighted by Gasteiger charge is -2.09. The largest absolute Gasteiger partial charge is 0.494 e. The molecule has 0 aliphatic rings. The molecule has 0 bridgehead atoms. The number of aromatic nitrogens is 3. The maximum atomic E-state index is 12.2. The van der Waals surface area contributed by atoms with Crippen molar-refractivity contribution >= 4 is 5.91 Å². The van der Waals surface area contributed by atoms with Gasteiger partial charge in [0.15, 0.2) is 0 Å². The molecule has 1 N–H and O–H groups in total. The van der Waals surface area contributed by atoms with Crippen molar-refractivity contribution in [1.29, 1.82) is 0 Å². The molecule has 1 aromatic carbocycles. The monoisotopic (exact) mass is 378 g/mol. The Morgan fingerprint density at radius 1 is 1.07 bits per heavy atom. The zero-order valence-electron chi connectivity index (χ0n) is 15.7. The highest BCUT2D eigenvalue weighted by atomic mass is 16.5. The van der Waals surface area contributed by atoms with Crippen LogP contribution in [0.5, 0.6) is 5.75 Å². The molecule has 1 amide bonds. The van der Waals surface area contributed by atoms with Gasteiger partial charge in [-0.25, -0.2) is 4.68 Å². The van der Waals surface area contributed by atoms with Crippen molar-refractivity contribution in [2.45, 2.75) is 19.9 Å². The van der Waals surface area contributed by atoms with Crippen LogP contribution in [0.4, 0.5) is 0 Å². The van der Waals surface area contributed by atoms with Crippen LogP contribution in [-0.2, 0) is 17.8 Å². The van der Waals surface area contributed by atoms with Gasteiger partial charge in [0.2, 0.25) is 5.91 Å². The number of carbonyl (C=O) groups excluding carboxylic acids is 1. The third-order valence-electron chi connectivity index (χ3n) is 4.11. The first kappa shape index (κ1) is 19.3. The van der Waals surface area contributed by atoms with Crippen molar-refractivity contribution in [3.05, 3.63) is 76.8 Å². The summed E-state index contributed by atoms with van der Waals surface area (Å²) < 4.78 is 6.60. The molecule has 0 radical (unpaired) electrons. The van der Waals surface area contributed by atoms with Crippen LogP contribution >= 0.6 is 0 Å². The number of amides is 1. The molecule has 144 valence electrons. The van der Waals surface area contributed by atoms with E-state index in [2.05, 4.69) is 15.4 Å². The fourth-order valence-electron chi connectivity index (χ4n) is 2.69. The minimum atomic E-state index is -0.320. The summed E-state index contributed by atoms with van der Waals surface area (Å²) in [5.74, 6) is 0.514. The minimum Gasteiger partial charge on any atom is -0.494 e. The quantitative estimate of drug-likeness (QED) is 0.648. The van der Waals surface area contributed by atoms with Gasteiger partial charge in [0, 0.05) is 30.6 Å². The van der Waals surface area contributed by atoms with Crippen molar-refractivity contribution in [3.8, 4) is 17.0 Å². The fraction of sp³-hybridized carbons (Fsp3) is 0.238. The Hall–Kier alpha value is -3.48. The summed E-state index contributed by atoms with van der Waals surface area (Å²) in [6, 6.07) is 14.3. The average molecular weight is 378 g/mol. The SMILES string of the molecule is CCOc1ccc(-c2ccc(=O)n(CC(=O)NCCc3ccncc3)n2)cc1. The van der Waals surface area contributed by atoms with Crippen LogP contribution in [0.3, 0.4) is 0 Å². The van der Waals surface area contributed by atoms with Crippen LogP contribution in [0.2, 0.25) is 0 Å². The first-order chi connectivity index (χ1) is 13.7. The number of hydrogen-bond acceptors (Lipinski definition) is 5. The Balaban J connectivity index is 1.62. The predicted octanol–water partition coefficient (Wildman–Crippen LogP) is 2.06. The number of rotatable bonds is 8. The first-order valence-electron chi connectivity index (χ1n) is 9.12. The maximum Gasteiger partial charge on any atom is 0.267 e. The third-order valence-corrected chi connectivity index (χ3v) is 4.11. The van der Waals surface area contributed by atoms with Gasteiger partial charge in [-0.05, 0) is 61.4 Å². The van der Waals surface area contributed by atoms with E-state index in [0.717, 1.165) is 16.9 Å². The van der Waals surface area contributed by atoms with Crippen LogP contribution < -0.4 is 15.6 Å². The summed E-state index contributed by atoms with van der Waals surface area (Å²) in [5.41, 5.74) is 2.23. The van der Waals surface area contributed by atoms with Crippen molar-refractivity contribution in [2.75, 3.05) is 13.2 Å². The molecule has 2 aromatic heterocycles. The molecular weight excluding hydrogens is 356 g/mol. The molecule has 28 heavy (non-hydrogen) atoms. The van der Waals surface area contributed by atoms with E-state index in [1.807, 2.05) is 43.3 Å². The van der Waals surface area contributed by atoms with Gasteiger partial charge in [-0.2, -0.15) is 5.10 Å². The normalized spacial score (nSPS) is 10.5. The predicted molar refractivity (Wildman–Crippen MR) is 106 cm³/mol. The van der Waals surface area contributed by atoms with Crippen molar-refractivity contribution in [3.63, 3.8) is 0 Å². The van der Waals surface area contributed by atoms with Gasteiger partial charge in [-0.1, -0.05) is 0 Å². The second-order valence-electron chi connectivity index (χ2n) is 6.13. The zero-order chi connectivity index (χ0) is 19.8. The Morgan fingerprint density at radius 2 is 1.82 bits per heavy atom. The van der Waals surface area contributed by atoms with E-state index in [9.17, 15) is 9.59 Å². The lowest BCUT2D eigenvalue weighted by Crippen LogP contribution is -2.34. The first-order valence-corrected chi connectivity index (χ1v) is 9.12. The summed E-state index contributed by atoms with van der Waals surface area (Å²) in [6.45, 7) is 2.88. The highest BCUT2D eigenvalue weighted by molar-refractivity contribution is 5.75. The lowest BCUT2D eigenvalue weighted by atomic mass is 10.1. The number of hydrogen-bond donors (Lipinski definition) is 1. The van der Waals surface area contributed by atoms with Gasteiger partial charge >= 0.3 is 0 Å². The molecule has 3 aromatic rings. The highest BCUT2D eigenvalue weighted by Gasteiger charge is 2.08. The molecule has 0 saturated carbocycles. The summed E-state index contributed by atoms with van der Waals surface area (Å²) in [7, 11) is 0.